The molecule has 15 heavy (non-hydrogen) atoms. The number of pyridine rings is 1. The Morgan fingerprint density at radius 1 is 1.53 bits per heavy atom. The van der Waals surface area contributed by atoms with Gasteiger partial charge in [-0.1, -0.05) is 13.0 Å². The zero-order chi connectivity index (χ0) is 10.7. The van der Waals surface area contributed by atoms with Crippen molar-refractivity contribution in [3.05, 3.63) is 30.1 Å². The molecule has 2 rings (SSSR count). The molecule has 0 aliphatic carbocycles. The monoisotopic (exact) mass is 224 g/mol. The first-order valence-electron chi connectivity index (χ1n) is 5.51. The molecule has 0 bridgehead atoms. The first-order valence-corrected chi connectivity index (χ1v) is 6.04. The first kappa shape index (κ1) is 10.9. The van der Waals surface area contributed by atoms with E-state index in [4.69, 9.17) is 11.6 Å². The van der Waals surface area contributed by atoms with Gasteiger partial charge in [0.2, 0.25) is 0 Å². The van der Waals surface area contributed by atoms with Crippen LogP contribution in [0.2, 0.25) is 0 Å². The van der Waals surface area contributed by atoms with Gasteiger partial charge in [0.1, 0.15) is 0 Å². The molecule has 1 aromatic heterocycles. The van der Waals surface area contributed by atoms with Gasteiger partial charge in [-0.25, -0.2) is 0 Å². The minimum Gasteiger partial charge on any atom is -0.293 e. The third-order valence-corrected chi connectivity index (χ3v) is 3.56. The quantitative estimate of drug-likeness (QED) is 0.734. The van der Waals surface area contributed by atoms with E-state index in [1.165, 1.54) is 6.42 Å². The summed E-state index contributed by atoms with van der Waals surface area (Å²) in [5.41, 5.74) is 1.14. The number of hydrogen-bond donors (Lipinski definition) is 0. The maximum atomic E-state index is 6.00. The molecule has 1 aliphatic heterocycles. The van der Waals surface area contributed by atoms with Crippen LogP contribution in [-0.4, -0.2) is 28.4 Å². The van der Waals surface area contributed by atoms with E-state index in [9.17, 15) is 0 Å². The summed E-state index contributed by atoms with van der Waals surface area (Å²) in [5, 5.41) is 0. The molecule has 2 heterocycles. The predicted molar refractivity (Wildman–Crippen MR) is 62.9 cm³/mol. The zero-order valence-corrected chi connectivity index (χ0v) is 9.82. The fraction of sp³-hybridized carbons (Fsp3) is 0.583. The van der Waals surface area contributed by atoms with Gasteiger partial charge in [-0.2, -0.15) is 0 Å². The van der Waals surface area contributed by atoms with Crippen molar-refractivity contribution in [1.82, 2.24) is 9.88 Å². The molecular weight excluding hydrogens is 208 g/mol. The molecule has 2 atom stereocenters. The molecule has 0 spiro atoms. The van der Waals surface area contributed by atoms with Crippen LogP contribution in [0.5, 0.6) is 0 Å². The lowest BCUT2D eigenvalue weighted by molar-refractivity contribution is 0.239. The summed E-state index contributed by atoms with van der Waals surface area (Å²) in [4.78, 5) is 6.80. The highest BCUT2D eigenvalue weighted by molar-refractivity contribution is 6.18. The summed E-state index contributed by atoms with van der Waals surface area (Å²) in [6, 6.07) is 6.59. The number of aromatic nitrogens is 1. The molecule has 0 amide bonds. The van der Waals surface area contributed by atoms with Crippen LogP contribution in [0.15, 0.2) is 24.4 Å². The van der Waals surface area contributed by atoms with Crippen LogP contribution in [0.3, 0.4) is 0 Å². The minimum atomic E-state index is 0.522. The van der Waals surface area contributed by atoms with Gasteiger partial charge in [0.25, 0.3) is 0 Å². The van der Waals surface area contributed by atoms with Crippen LogP contribution in [0.25, 0.3) is 0 Å². The Bertz CT molecular complexity index is 302. The van der Waals surface area contributed by atoms with E-state index in [0.717, 1.165) is 24.7 Å². The molecule has 2 unspecified atom stereocenters. The van der Waals surface area contributed by atoms with Crippen molar-refractivity contribution < 1.29 is 0 Å². The third kappa shape index (κ3) is 2.50. The molecule has 1 aromatic rings. The highest BCUT2D eigenvalue weighted by Gasteiger charge is 2.30. The van der Waals surface area contributed by atoms with Crippen LogP contribution in [-0.2, 0) is 6.54 Å². The first-order chi connectivity index (χ1) is 7.31. The van der Waals surface area contributed by atoms with Gasteiger partial charge in [-0.3, -0.25) is 9.88 Å². The number of alkyl halides is 1. The number of nitrogens with zero attached hydrogens (tertiary/aromatic N) is 2. The summed E-state index contributed by atoms with van der Waals surface area (Å²) in [6.45, 7) is 4.36. The van der Waals surface area contributed by atoms with Gasteiger partial charge in [0, 0.05) is 24.7 Å². The van der Waals surface area contributed by atoms with Gasteiger partial charge >= 0.3 is 0 Å². The molecule has 0 aromatic carbocycles. The van der Waals surface area contributed by atoms with Gasteiger partial charge in [0.15, 0.2) is 0 Å². The Hall–Kier alpha value is -0.600. The van der Waals surface area contributed by atoms with E-state index in [-0.39, 0.29) is 0 Å². The van der Waals surface area contributed by atoms with Crippen LogP contribution >= 0.6 is 11.6 Å². The fourth-order valence-corrected chi connectivity index (χ4v) is 2.73. The molecule has 1 saturated heterocycles. The molecule has 0 N–H and O–H groups in total. The second kappa shape index (κ2) is 4.95. The van der Waals surface area contributed by atoms with Crippen molar-refractivity contribution in [2.45, 2.75) is 25.9 Å². The third-order valence-electron chi connectivity index (χ3n) is 3.25. The summed E-state index contributed by atoms with van der Waals surface area (Å²) in [5.74, 6) is 1.44. The maximum absolute atomic E-state index is 6.00. The summed E-state index contributed by atoms with van der Waals surface area (Å²) in [6.07, 6.45) is 3.11. The SMILES string of the molecule is CC1CCN(Cc2ccccn2)C1CCl. The lowest BCUT2D eigenvalue weighted by Gasteiger charge is -2.24. The normalized spacial score (nSPS) is 27.1. The van der Waals surface area contributed by atoms with Crippen molar-refractivity contribution in [3.63, 3.8) is 0 Å². The summed E-state index contributed by atoms with van der Waals surface area (Å²) < 4.78 is 0. The van der Waals surface area contributed by atoms with Gasteiger partial charge in [-0.05, 0) is 31.0 Å². The molecule has 1 fully saturated rings. The molecular formula is C12H17ClN2. The minimum absolute atomic E-state index is 0.522. The van der Waals surface area contributed by atoms with Crippen LogP contribution in [0, 0.1) is 5.92 Å². The lowest BCUT2D eigenvalue weighted by atomic mass is 10.1. The van der Waals surface area contributed by atoms with Crippen LogP contribution in [0.4, 0.5) is 0 Å². The van der Waals surface area contributed by atoms with Crippen LogP contribution < -0.4 is 0 Å². The second-order valence-electron chi connectivity index (χ2n) is 4.28. The number of rotatable bonds is 3. The molecule has 2 nitrogen and oxygen atoms in total. The number of likely N-dealkylation sites (tertiary alicyclic amines) is 1. The van der Waals surface area contributed by atoms with Gasteiger partial charge in [-0.15, -0.1) is 11.6 Å². The smallest absolute Gasteiger partial charge is 0.0544 e. The molecule has 82 valence electrons. The maximum Gasteiger partial charge on any atom is 0.0544 e. The fourth-order valence-electron chi connectivity index (χ4n) is 2.23. The van der Waals surface area contributed by atoms with Crippen molar-refractivity contribution in [3.8, 4) is 0 Å². The zero-order valence-electron chi connectivity index (χ0n) is 9.06. The standard InChI is InChI=1S/C12H17ClN2/c1-10-5-7-15(12(10)8-13)9-11-4-2-3-6-14-11/h2-4,6,10,12H,5,7-9H2,1H3. The van der Waals surface area contributed by atoms with E-state index in [0.29, 0.717) is 12.0 Å². The van der Waals surface area contributed by atoms with Crippen LogP contribution in [0.1, 0.15) is 19.0 Å². The number of halogens is 1. The van der Waals surface area contributed by atoms with Gasteiger partial charge < -0.3 is 0 Å². The molecule has 1 aliphatic rings. The topological polar surface area (TPSA) is 16.1 Å². The Balaban J connectivity index is 2.00. The van der Waals surface area contributed by atoms with Crippen molar-refractivity contribution in [2.24, 2.45) is 5.92 Å². The Morgan fingerprint density at radius 2 is 2.40 bits per heavy atom. The highest BCUT2D eigenvalue weighted by Crippen LogP contribution is 2.25. The average Bonchev–Trinajstić information content (AvgIpc) is 2.61. The second-order valence-corrected chi connectivity index (χ2v) is 4.59. The summed E-state index contributed by atoms with van der Waals surface area (Å²) in [7, 11) is 0. The van der Waals surface area contributed by atoms with Crippen molar-refractivity contribution in [2.75, 3.05) is 12.4 Å². The molecule has 3 heteroatoms. The molecule has 0 radical (unpaired) electrons. The predicted octanol–water partition coefficient (Wildman–Crippen LogP) is 2.53. The van der Waals surface area contributed by atoms with E-state index in [2.05, 4.69) is 22.9 Å². The Kier molecular flexibility index (Phi) is 3.60. The largest absolute Gasteiger partial charge is 0.293 e. The van der Waals surface area contributed by atoms with Crippen molar-refractivity contribution in [1.29, 1.82) is 0 Å². The average molecular weight is 225 g/mol. The Labute approximate surface area is 96.3 Å². The summed E-state index contributed by atoms with van der Waals surface area (Å²) >= 11 is 6.00. The number of hydrogen-bond acceptors (Lipinski definition) is 2. The Morgan fingerprint density at radius 3 is 3.07 bits per heavy atom. The van der Waals surface area contributed by atoms with Gasteiger partial charge in [0.05, 0.1) is 5.69 Å². The van der Waals surface area contributed by atoms with Crippen molar-refractivity contribution >= 4 is 11.6 Å². The molecule has 0 saturated carbocycles. The highest BCUT2D eigenvalue weighted by atomic mass is 35.5. The van der Waals surface area contributed by atoms with E-state index >= 15 is 0 Å². The van der Waals surface area contributed by atoms with E-state index in [1.807, 2.05) is 18.3 Å². The van der Waals surface area contributed by atoms with E-state index < -0.39 is 0 Å². The lowest BCUT2D eigenvalue weighted by Crippen LogP contribution is -2.33. The van der Waals surface area contributed by atoms with E-state index in [1.54, 1.807) is 0 Å².